The van der Waals surface area contributed by atoms with Crippen LogP contribution in [0.2, 0.25) is 6.04 Å². The molecule has 0 aliphatic rings. The molecule has 11 heteroatoms. The number of likely N-dealkylation sites (N-methyl/N-ethyl adjacent to an activating group) is 1. The molecule has 0 atom stereocenters. The third kappa shape index (κ3) is 18.7. The minimum Gasteiger partial charge on any atom is -1.00 e. The smallest absolute Gasteiger partial charge is 0.549 e. The Hall–Kier alpha value is 0.0738. The summed E-state index contributed by atoms with van der Waals surface area (Å²) in [7, 11) is 2.00. The number of hydrogen-bond donors (Lipinski definition) is 1. The number of rotatable bonds is 12. The fourth-order valence-corrected chi connectivity index (χ4v) is 4.63. The fraction of sp³-hybridized carbons (Fsp3) is 0.929. The minimum absolute atomic E-state index is 0. The van der Waals surface area contributed by atoms with E-state index >= 15 is 0 Å². The molecule has 25 heavy (non-hydrogen) atoms. The van der Waals surface area contributed by atoms with E-state index in [1.54, 1.807) is 0 Å². The topological polar surface area (TPSA) is 90.9 Å². The Morgan fingerprint density at radius 2 is 1.40 bits per heavy atom. The van der Waals surface area contributed by atoms with Gasteiger partial charge in [0, 0.05) is 32.4 Å². The molecule has 0 bridgehead atoms. The Morgan fingerprint density at radius 3 is 1.72 bits per heavy atom. The van der Waals surface area contributed by atoms with Gasteiger partial charge in [-0.2, -0.15) is 0 Å². The maximum atomic E-state index is 11.8. The molecular weight excluding hydrogens is 475 g/mol. The molecule has 0 aromatic carbocycles. The summed E-state index contributed by atoms with van der Waals surface area (Å²) >= 11 is 0. The molecule has 8 nitrogen and oxygen atoms in total. The molecule has 0 radical (unpaired) electrons. The van der Waals surface area contributed by atoms with Gasteiger partial charge in [-0.1, -0.05) is 0 Å². The lowest BCUT2D eigenvalue weighted by Gasteiger charge is -2.28. The average Bonchev–Trinajstić information content (AvgIpc) is 2.43. The van der Waals surface area contributed by atoms with Crippen molar-refractivity contribution in [2.75, 3.05) is 54.1 Å². The van der Waals surface area contributed by atoms with Gasteiger partial charge in [0.2, 0.25) is 0 Å². The molecule has 1 N–H and O–H groups in total. The summed E-state index contributed by atoms with van der Waals surface area (Å²) in [6, 6.07) is 0.729. The number of nitrogens with zero attached hydrogens (tertiary/aromatic N) is 1. The standard InChI is InChI=1S/C14H32N2O4Si.HI.O2Si/c1-7-18-21(19-8-2,20-9-3)12-10-11-15-14(17)13-16(4,5)6;;1-3-2/h7-13H2,1-6H3;1H;. The van der Waals surface area contributed by atoms with Crippen LogP contribution in [0.15, 0.2) is 0 Å². The summed E-state index contributed by atoms with van der Waals surface area (Å²) in [5.74, 6) is 0.0685. The summed E-state index contributed by atoms with van der Waals surface area (Å²) in [5, 5.41) is 2.94. The molecule has 0 aliphatic heterocycles. The van der Waals surface area contributed by atoms with Crippen LogP contribution in [-0.4, -0.2) is 82.5 Å². The molecule has 0 unspecified atom stereocenters. The second kappa shape index (κ2) is 17.5. The maximum absolute atomic E-state index is 11.8. The van der Waals surface area contributed by atoms with Crippen molar-refractivity contribution in [1.82, 2.24) is 5.32 Å². The van der Waals surface area contributed by atoms with E-state index in [-0.39, 0.29) is 29.9 Å². The molecule has 150 valence electrons. The largest absolute Gasteiger partial charge is 1.00 e. The van der Waals surface area contributed by atoms with Gasteiger partial charge in [-0.15, -0.1) is 0 Å². The monoisotopic (exact) mass is 508 g/mol. The molecule has 0 spiro atoms. The summed E-state index contributed by atoms with van der Waals surface area (Å²) in [6.45, 7) is 8.69. The first kappa shape index (κ1) is 29.8. The van der Waals surface area contributed by atoms with Crippen molar-refractivity contribution in [3.05, 3.63) is 0 Å². The number of nitrogens with one attached hydrogen (secondary N) is 1. The molecular formula is C14H33IN2O6Si2. The van der Waals surface area contributed by atoms with E-state index in [9.17, 15) is 4.79 Å². The number of hydrogen-bond acceptors (Lipinski definition) is 6. The van der Waals surface area contributed by atoms with Crippen LogP contribution < -0.4 is 29.3 Å². The van der Waals surface area contributed by atoms with Crippen molar-refractivity contribution in [3.8, 4) is 0 Å². The summed E-state index contributed by atoms with van der Waals surface area (Å²) in [6.07, 6.45) is 0.801. The number of quaternary nitrogens is 1. The van der Waals surface area contributed by atoms with Crippen LogP contribution in [0.5, 0.6) is 0 Å². The van der Waals surface area contributed by atoms with E-state index in [2.05, 4.69) is 5.32 Å². The normalized spacial score (nSPS) is 10.8. The van der Waals surface area contributed by atoms with Gasteiger partial charge in [0.05, 0.1) is 21.1 Å². The van der Waals surface area contributed by atoms with Gasteiger partial charge in [-0.25, -0.2) is 0 Å². The molecule has 0 heterocycles. The van der Waals surface area contributed by atoms with Gasteiger partial charge in [0.25, 0.3) is 5.91 Å². The number of carbonyl (C=O) groups is 1. The second-order valence-corrected chi connectivity index (χ2v) is 8.87. The number of halogens is 1. The minimum atomic E-state index is -2.57. The van der Waals surface area contributed by atoms with Crippen LogP contribution in [0.25, 0.3) is 0 Å². The van der Waals surface area contributed by atoms with Crippen LogP contribution in [-0.2, 0) is 27.0 Å². The van der Waals surface area contributed by atoms with Gasteiger partial charge >= 0.3 is 18.1 Å². The van der Waals surface area contributed by atoms with E-state index in [0.29, 0.717) is 37.4 Å². The first-order valence-electron chi connectivity index (χ1n) is 8.18. The Kier molecular flexibility index (Phi) is 20.9. The summed E-state index contributed by atoms with van der Waals surface area (Å²) < 4.78 is 34.8. The van der Waals surface area contributed by atoms with Crippen molar-refractivity contribution in [2.45, 2.75) is 33.2 Å². The van der Waals surface area contributed by atoms with Gasteiger partial charge in [0.15, 0.2) is 6.54 Å². The molecule has 0 fully saturated rings. The Morgan fingerprint density at radius 1 is 1.00 bits per heavy atom. The number of carbonyl (C=O) groups excluding carboxylic acids is 1. The average molecular weight is 509 g/mol. The predicted octanol–water partition coefficient (Wildman–Crippen LogP) is -2.37. The first-order valence-corrected chi connectivity index (χ1v) is 10.9. The lowest BCUT2D eigenvalue weighted by molar-refractivity contribution is -0.862. The van der Waals surface area contributed by atoms with Crippen LogP contribution in [0.1, 0.15) is 27.2 Å². The van der Waals surface area contributed by atoms with Gasteiger partial charge in [-0.3, -0.25) is 13.7 Å². The lowest BCUT2D eigenvalue weighted by Crippen LogP contribution is -3.00. The van der Waals surface area contributed by atoms with Gasteiger partial charge < -0.3 is 47.1 Å². The molecule has 0 rings (SSSR count). The lowest BCUT2D eigenvalue weighted by atomic mass is 10.4. The zero-order chi connectivity index (χ0) is 19.1. The highest BCUT2D eigenvalue weighted by atomic mass is 127. The van der Waals surface area contributed by atoms with E-state index in [0.717, 1.165) is 12.5 Å². The van der Waals surface area contributed by atoms with Crippen molar-refractivity contribution in [2.24, 2.45) is 0 Å². The van der Waals surface area contributed by atoms with E-state index in [4.69, 9.17) is 22.2 Å². The fourth-order valence-electron chi connectivity index (χ4n) is 2.02. The van der Waals surface area contributed by atoms with Crippen molar-refractivity contribution in [1.29, 1.82) is 0 Å². The van der Waals surface area contributed by atoms with Crippen molar-refractivity contribution < 1.29 is 55.5 Å². The van der Waals surface area contributed by atoms with Crippen molar-refractivity contribution >= 4 is 24.0 Å². The molecule has 0 saturated heterocycles. The van der Waals surface area contributed by atoms with E-state index in [1.807, 2.05) is 41.9 Å². The first-order chi connectivity index (χ1) is 11.2. The Labute approximate surface area is 171 Å². The second-order valence-electron chi connectivity index (χ2n) is 5.97. The van der Waals surface area contributed by atoms with E-state index in [1.165, 1.54) is 0 Å². The van der Waals surface area contributed by atoms with Crippen LogP contribution >= 0.6 is 0 Å². The maximum Gasteiger partial charge on any atom is 0.549 e. The highest BCUT2D eigenvalue weighted by molar-refractivity contribution is 6.60. The molecule has 0 aromatic heterocycles. The van der Waals surface area contributed by atoms with Crippen LogP contribution in [0, 0.1) is 0 Å². The Bertz CT molecular complexity index is 360. The SMILES string of the molecule is CCO[Si](CCCNC(=O)C[N+](C)(C)C)(OCC)OCC.O=[Si]=O.[I-]. The third-order valence-corrected chi connectivity index (χ3v) is 5.84. The zero-order valence-electron chi connectivity index (χ0n) is 16.2. The molecule has 0 aromatic rings. The molecule has 0 aliphatic carbocycles. The van der Waals surface area contributed by atoms with Crippen LogP contribution in [0.4, 0.5) is 0 Å². The Balaban J connectivity index is -0.00000112. The summed E-state index contributed by atoms with van der Waals surface area (Å²) in [4.78, 5) is 11.8. The number of amides is 1. The predicted molar refractivity (Wildman–Crippen MR) is 93.1 cm³/mol. The van der Waals surface area contributed by atoms with Gasteiger partial charge in [-0.05, 0) is 27.2 Å². The van der Waals surface area contributed by atoms with Gasteiger partial charge in [0.1, 0.15) is 0 Å². The summed E-state index contributed by atoms with van der Waals surface area (Å²) in [5.41, 5.74) is 0. The molecule has 1 amide bonds. The third-order valence-electron chi connectivity index (χ3n) is 2.69. The highest BCUT2D eigenvalue weighted by Crippen LogP contribution is 2.17. The quantitative estimate of drug-likeness (QED) is 0.137. The molecule has 0 saturated carbocycles. The van der Waals surface area contributed by atoms with Crippen molar-refractivity contribution in [3.63, 3.8) is 0 Å². The van der Waals surface area contributed by atoms with E-state index < -0.39 is 18.1 Å². The van der Waals surface area contributed by atoms with Crippen LogP contribution in [0.3, 0.4) is 0 Å². The zero-order valence-corrected chi connectivity index (χ0v) is 20.4. The highest BCUT2D eigenvalue weighted by Gasteiger charge is 2.39.